The monoisotopic (exact) mass is 368 g/mol. The SMILES string of the molecule is O=C(NCc1noc(-c2ccccc2F)n1)Nc1cnc2c(c1)CNCC2. The van der Waals surface area contributed by atoms with Crippen LogP contribution in [-0.2, 0) is 19.5 Å². The molecule has 9 heteroatoms. The van der Waals surface area contributed by atoms with Crippen LogP contribution < -0.4 is 16.0 Å². The maximum atomic E-state index is 13.7. The first-order valence-electron chi connectivity index (χ1n) is 8.50. The Balaban J connectivity index is 1.35. The molecule has 0 aliphatic carbocycles. The van der Waals surface area contributed by atoms with Crippen LogP contribution in [0.15, 0.2) is 41.1 Å². The summed E-state index contributed by atoms with van der Waals surface area (Å²) in [7, 11) is 0. The fourth-order valence-corrected chi connectivity index (χ4v) is 2.82. The molecular formula is C18H17FN6O2. The van der Waals surface area contributed by atoms with E-state index in [0.29, 0.717) is 5.69 Å². The van der Waals surface area contributed by atoms with Crippen molar-refractivity contribution in [3.05, 3.63) is 59.4 Å². The summed E-state index contributed by atoms with van der Waals surface area (Å²) in [5.41, 5.74) is 2.95. The van der Waals surface area contributed by atoms with E-state index < -0.39 is 11.8 Å². The van der Waals surface area contributed by atoms with Crippen molar-refractivity contribution in [1.29, 1.82) is 0 Å². The van der Waals surface area contributed by atoms with E-state index in [-0.39, 0.29) is 23.8 Å². The maximum absolute atomic E-state index is 13.7. The minimum absolute atomic E-state index is 0.0453. The number of carbonyl (C=O) groups is 1. The number of hydrogen-bond donors (Lipinski definition) is 3. The molecule has 4 rings (SSSR count). The first-order valence-corrected chi connectivity index (χ1v) is 8.50. The fraction of sp³-hybridized carbons (Fsp3) is 0.222. The number of aromatic nitrogens is 3. The lowest BCUT2D eigenvalue weighted by molar-refractivity contribution is 0.251. The Morgan fingerprint density at radius 3 is 3.11 bits per heavy atom. The molecular weight excluding hydrogens is 351 g/mol. The predicted molar refractivity (Wildman–Crippen MR) is 95.2 cm³/mol. The van der Waals surface area contributed by atoms with Gasteiger partial charge in [0.2, 0.25) is 0 Å². The van der Waals surface area contributed by atoms with Crippen molar-refractivity contribution in [1.82, 2.24) is 25.8 Å². The second-order valence-corrected chi connectivity index (χ2v) is 6.06. The zero-order valence-corrected chi connectivity index (χ0v) is 14.3. The standard InChI is InChI=1S/C18H17FN6O2/c19-14-4-2-1-3-13(14)17-24-16(25-27-17)10-22-18(26)23-12-7-11-8-20-6-5-15(11)21-9-12/h1-4,7,9,20H,5-6,8,10H2,(H2,22,23,26). The average molecular weight is 368 g/mol. The summed E-state index contributed by atoms with van der Waals surface area (Å²) >= 11 is 0. The van der Waals surface area contributed by atoms with Crippen LogP contribution in [0.1, 0.15) is 17.1 Å². The highest BCUT2D eigenvalue weighted by molar-refractivity contribution is 5.89. The van der Waals surface area contributed by atoms with Gasteiger partial charge in [0.15, 0.2) is 5.82 Å². The van der Waals surface area contributed by atoms with Gasteiger partial charge in [0.25, 0.3) is 5.89 Å². The smallest absolute Gasteiger partial charge is 0.319 e. The quantitative estimate of drug-likeness (QED) is 0.652. The van der Waals surface area contributed by atoms with Crippen molar-refractivity contribution < 1.29 is 13.7 Å². The van der Waals surface area contributed by atoms with Gasteiger partial charge in [-0.25, -0.2) is 9.18 Å². The third-order valence-corrected chi connectivity index (χ3v) is 4.15. The summed E-state index contributed by atoms with van der Waals surface area (Å²) in [5.74, 6) is -0.138. The van der Waals surface area contributed by atoms with Crippen molar-refractivity contribution >= 4 is 11.7 Å². The van der Waals surface area contributed by atoms with Crippen LogP contribution in [0, 0.1) is 5.82 Å². The maximum Gasteiger partial charge on any atom is 0.319 e. The molecule has 27 heavy (non-hydrogen) atoms. The van der Waals surface area contributed by atoms with Crippen molar-refractivity contribution in [2.45, 2.75) is 19.5 Å². The normalized spacial score (nSPS) is 13.1. The van der Waals surface area contributed by atoms with E-state index in [1.54, 1.807) is 24.4 Å². The first-order chi connectivity index (χ1) is 13.2. The number of halogens is 1. The Morgan fingerprint density at radius 2 is 2.22 bits per heavy atom. The van der Waals surface area contributed by atoms with Gasteiger partial charge in [-0.2, -0.15) is 4.98 Å². The molecule has 1 aromatic carbocycles. The number of carbonyl (C=O) groups excluding carboxylic acids is 1. The molecule has 0 fully saturated rings. The van der Waals surface area contributed by atoms with E-state index in [9.17, 15) is 9.18 Å². The number of fused-ring (bicyclic) bond motifs is 1. The first kappa shape index (κ1) is 17.1. The molecule has 0 saturated carbocycles. The van der Waals surface area contributed by atoms with Gasteiger partial charge in [-0.15, -0.1) is 0 Å². The van der Waals surface area contributed by atoms with Crippen LogP contribution in [0.25, 0.3) is 11.5 Å². The minimum Gasteiger partial charge on any atom is -0.334 e. The van der Waals surface area contributed by atoms with Gasteiger partial charge in [0.1, 0.15) is 5.82 Å². The van der Waals surface area contributed by atoms with Crippen molar-refractivity contribution in [2.24, 2.45) is 0 Å². The number of nitrogens with one attached hydrogen (secondary N) is 3. The molecule has 2 aromatic heterocycles. The Morgan fingerprint density at radius 1 is 1.33 bits per heavy atom. The largest absolute Gasteiger partial charge is 0.334 e. The Kier molecular flexibility index (Phi) is 4.75. The van der Waals surface area contributed by atoms with Gasteiger partial charge in [0.05, 0.1) is 24.0 Å². The lowest BCUT2D eigenvalue weighted by atomic mass is 10.1. The molecule has 8 nitrogen and oxygen atoms in total. The molecule has 2 amide bonds. The fourth-order valence-electron chi connectivity index (χ4n) is 2.82. The van der Waals surface area contributed by atoms with Crippen LogP contribution in [-0.4, -0.2) is 27.7 Å². The summed E-state index contributed by atoms with van der Waals surface area (Å²) < 4.78 is 18.8. The number of nitrogens with zero attached hydrogens (tertiary/aromatic N) is 3. The molecule has 0 saturated heterocycles. The second-order valence-electron chi connectivity index (χ2n) is 6.06. The molecule has 0 unspecified atom stereocenters. The van der Waals surface area contributed by atoms with Gasteiger partial charge in [-0.3, -0.25) is 4.98 Å². The molecule has 3 aromatic rings. The molecule has 1 aliphatic rings. The Bertz CT molecular complexity index is 974. The third-order valence-electron chi connectivity index (χ3n) is 4.15. The van der Waals surface area contributed by atoms with E-state index in [0.717, 1.165) is 30.8 Å². The molecule has 138 valence electrons. The van der Waals surface area contributed by atoms with Crippen LogP contribution in [0.4, 0.5) is 14.9 Å². The number of pyridine rings is 1. The number of benzene rings is 1. The van der Waals surface area contributed by atoms with E-state index in [4.69, 9.17) is 4.52 Å². The molecule has 0 spiro atoms. The number of anilines is 1. The van der Waals surface area contributed by atoms with Gasteiger partial charge in [-0.1, -0.05) is 17.3 Å². The summed E-state index contributed by atoms with van der Waals surface area (Å²) in [5, 5.41) is 12.4. The van der Waals surface area contributed by atoms with Crippen LogP contribution in [0.3, 0.4) is 0 Å². The van der Waals surface area contributed by atoms with E-state index in [1.165, 1.54) is 6.07 Å². The van der Waals surface area contributed by atoms with Crippen molar-refractivity contribution in [2.75, 3.05) is 11.9 Å². The van der Waals surface area contributed by atoms with Gasteiger partial charge >= 0.3 is 6.03 Å². The van der Waals surface area contributed by atoms with Gasteiger partial charge < -0.3 is 20.5 Å². The van der Waals surface area contributed by atoms with E-state index in [1.807, 2.05) is 6.07 Å². The zero-order chi connectivity index (χ0) is 18.6. The van der Waals surface area contributed by atoms with Crippen molar-refractivity contribution in [3.63, 3.8) is 0 Å². The van der Waals surface area contributed by atoms with Crippen LogP contribution in [0.2, 0.25) is 0 Å². The summed E-state index contributed by atoms with van der Waals surface area (Å²) in [6.07, 6.45) is 2.51. The molecule has 1 aliphatic heterocycles. The number of hydrogen-bond acceptors (Lipinski definition) is 6. The summed E-state index contributed by atoms with van der Waals surface area (Å²) in [6.45, 7) is 1.69. The Hall–Kier alpha value is -3.33. The topological polar surface area (TPSA) is 105 Å². The minimum atomic E-state index is -0.451. The highest BCUT2D eigenvalue weighted by Gasteiger charge is 2.14. The number of rotatable bonds is 4. The summed E-state index contributed by atoms with van der Waals surface area (Å²) in [4.78, 5) is 20.5. The molecule has 0 radical (unpaired) electrons. The number of amides is 2. The Labute approximate surface area is 154 Å². The molecule has 0 bridgehead atoms. The molecule has 3 N–H and O–H groups in total. The predicted octanol–water partition coefficient (Wildman–Crippen LogP) is 2.24. The number of urea groups is 1. The van der Waals surface area contributed by atoms with Crippen molar-refractivity contribution in [3.8, 4) is 11.5 Å². The lowest BCUT2D eigenvalue weighted by Crippen LogP contribution is -2.29. The second kappa shape index (κ2) is 7.50. The van der Waals surface area contributed by atoms with Crippen LogP contribution in [0.5, 0.6) is 0 Å². The van der Waals surface area contributed by atoms with E-state index in [2.05, 4.69) is 31.1 Å². The molecule has 0 atom stereocenters. The average Bonchev–Trinajstić information content (AvgIpc) is 3.15. The highest BCUT2D eigenvalue weighted by atomic mass is 19.1. The lowest BCUT2D eigenvalue weighted by Gasteiger charge is -2.17. The zero-order valence-electron chi connectivity index (χ0n) is 14.3. The van der Waals surface area contributed by atoms with Gasteiger partial charge in [-0.05, 0) is 23.8 Å². The van der Waals surface area contributed by atoms with Crippen LogP contribution >= 0.6 is 0 Å². The third kappa shape index (κ3) is 3.93. The summed E-state index contributed by atoms with van der Waals surface area (Å²) in [6, 6.07) is 7.60. The molecule has 3 heterocycles. The highest BCUT2D eigenvalue weighted by Crippen LogP contribution is 2.20. The van der Waals surface area contributed by atoms with Gasteiger partial charge in [0, 0.05) is 25.2 Å². The van der Waals surface area contributed by atoms with E-state index >= 15 is 0 Å².